The monoisotopic (exact) mass is 308 g/mol. The number of sulfone groups is 1. The van der Waals surface area contributed by atoms with Crippen LogP contribution in [0, 0.1) is 0 Å². The van der Waals surface area contributed by atoms with Crippen LogP contribution in [0.15, 0.2) is 52.3 Å². The van der Waals surface area contributed by atoms with Crippen LogP contribution >= 0.6 is 0 Å². The Morgan fingerprint density at radius 3 is 1.86 bits per heavy atom. The van der Waals surface area contributed by atoms with Gasteiger partial charge in [0.2, 0.25) is 9.84 Å². The lowest BCUT2D eigenvalue weighted by atomic mass is 10.3. The lowest BCUT2D eigenvalue weighted by Gasteiger charge is -2.11. The van der Waals surface area contributed by atoms with E-state index in [1.54, 1.807) is 18.2 Å². The van der Waals surface area contributed by atoms with E-state index in [1.165, 1.54) is 45.6 Å². The van der Waals surface area contributed by atoms with E-state index in [2.05, 4.69) is 0 Å². The molecule has 0 amide bonds. The first-order valence-electron chi connectivity index (χ1n) is 6.14. The van der Waals surface area contributed by atoms with Gasteiger partial charge in [-0.3, -0.25) is 0 Å². The average molecular weight is 308 g/mol. The van der Waals surface area contributed by atoms with Crippen LogP contribution in [0.4, 0.5) is 0 Å². The molecule has 0 bridgehead atoms. The molecule has 112 valence electrons. The Labute approximate surface area is 124 Å². The summed E-state index contributed by atoms with van der Waals surface area (Å²) in [4.78, 5) is 0.266. The summed E-state index contributed by atoms with van der Waals surface area (Å²) in [5, 5.41) is 0. The van der Waals surface area contributed by atoms with E-state index in [4.69, 9.17) is 14.2 Å². The second-order valence-corrected chi connectivity index (χ2v) is 6.11. The molecule has 0 aromatic heterocycles. The zero-order valence-electron chi connectivity index (χ0n) is 12.0. The van der Waals surface area contributed by atoms with E-state index < -0.39 is 9.84 Å². The van der Waals surface area contributed by atoms with Gasteiger partial charge in [-0.25, -0.2) is 8.42 Å². The molecule has 0 saturated heterocycles. The van der Waals surface area contributed by atoms with Gasteiger partial charge in [0.15, 0.2) is 0 Å². The molecule has 0 atom stereocenters. The molecule has 0 aliphatic heterocycles. The van der Waals surface area contributed by atoms with Crippen molar-refractivity contribution in [1.82, 2.24) is 0 Å². The minimum atomic E-state index is -3.67. The summed E-state index contributed by atoms with van der Waals surface area (Å²) in [6.45, 7) is 0. The highest BCUT2D eigenvalue weighted by atomic mass is 32.2. The van der Waals surface area contributed by atoms with Crippen LogP contribution in [0.5, 0.6) is 17.2 Å². The standard InChI is InChI=1S/C15H16O5S/c1-18-11-4-7-13(8-5-11)21(16,17)15-9-6-12(19-2)10-14(15)20-3/h4-10H,1-3H3. The van der Waals surface area contributed by atoms with Gasteiger partial charge >= 0.3 is 0 Å². The van der Waals surface area contributed by atoms with Gasteiger partial charge in [0.05, 0.1) is 26.2 Å². The van der Waals surface area contributed by atoms with E-state index in [0.717, 1.165) is 0 Å². The summed E-state index contributed by atoms with van der Waals surface area (Å²) in [6, 6.07) is 10.8. The molecule has 0 radical (unpaired) electrons. The van der Waals surface area contributed by atoms with Gasteiger partial charge in [0, 0.05) is 6.07 Å². The van der Waals surface area contributed by atoms with E-state index in [0.29, 0.717) is 11.5 Å². The molecule has 0 saturated carbocycles. The van der Waals surface area contributed by atoms with Crippen molar-refractivity contribution in [2.75, 3.05) is 21.3 Å². The molecule has 2 aromatic carbocycles. The maximum atomic E-state index is 12.7. The third-order valence-corrected chi connectivity index (χ3v) is 4.84. The molecule has 0 fully saturated rings. The van der Waals surface area contributed by atoms with Gasteiger partial charge in [0.25, 0.3) is 0 Å². The van der Waals surface area contributed by atoms with Crippen LogP contribution in [0.25, 0.3) is 0 Å². The molecule has 2 aromatic rings. The van der Waals surface area contributed by atoms with Crippen molar-refractivity contribution in [2.45, 2.75) is 9.79 Å². The SMILES string of the molecule is COc1ccc(S(=O)(=O)c2ccc(OC)cc2OC)cc1. The highest BCUT2D eigenvalue weighted by molar-refractivity contribution is 7.91. The predicted octanol–water partition coefficient (Wildman–Crippen LogP) is 2.55. The van der Waals surface area contributed by atoms with Crippen LogP contribution in [0.3, 0.4) is 0 Å². The van der Waals surface area contributed by atoms with Crippen molar-refractivity contribution in [3.8, 4) is 17.2 Å². The van der Waals surface area contributed by atoms with Gasteiger partial charge in [0.1, 0.15) is 22.1 Å². The van der Waals surface area contributed by atoms with Crippen molar-refractivity contribution in [3.63, 3.8) is 0 Å². The average Bonchev–Trinajstić information content (AvgIpc) is 2.54. The van der Waals surface area contributed by atoms with Gasteiger partial charge in [-0.15, -0.1) is 0 Å². The third kappa shape index (κ3) is 2.95. The van der Waals surface area contributed by atoms with Crippen LogP contribution in [-0.2, 0) is 9.84 Å². The summed E-state index contributed by atoms with van der Waals surface area (Å²) in [5.41, 5.74) is 0. The molecule has 21 heavy (non-hydrogen) atoms. The first-order valence-corrected chi connectivity index (χ1v) is 7.62. The highest BCUT2D eigenvalue weighted by Gasteiger charge is 2.22. The Hall–Kier alpha value is -2.21. The molecule has 0 spiro atoms. The van der Waals surface area contributed by atoms with Crippen molar-refractivity contribution < 1.29 is 22.6 Å². The summed E-state index contributed by atoms with van der Waals surface area (Å²) in [7, 11) is 0.781. The van der Waals surface area contributed by atoms with Crippen molar-refractivity contribution in [2.24, 2.45) is 0 Å². The number of ether oxygens (including phenoxy) is 3. The summed E-state index contributed by atoms with van der Waals surface area (Å²) in [6.07, 6.45) is 0. The lowest BCUT2D eigenvalue weighted by Crippen LogP contribution is -2.04. The van der Waals surface area contributed by atoms with E-state index in [1.807, 2.05) is 0 Å². The number of benzene rings is 2. The van der Waals surface area contributed by atoms with Crippen LogP contribution in [-0.4, -0.2) is 29.7 Å². The number of hydrogen-bond acceptors (Lipinski definition) is 5. The Morgan fingerprint density at radius 2 is 1.33 bits per heavy atom. The second-order valence-electron chi connectivity index (χ2n) is 4.20. The van der Waals surface area contributed by atoms with Crippen molar-refractivity contribution in [1.29, 1.82) is 0 Å². The second kappa shape index (κ2) is 6.05. The molecule has 0 aliphatic rings. The summed E-state index contributed by atoms with van der Waals surface area (Å²) < 4.78 is 40.6. The summed E-state index contributed by atoms with van der Waals surface area (Å²) >= 11 is 0. The first kappa shape index (κ1) is 15.2. The molecule has 2 rings (SSSR count). The number of methoxy groups -OCH3 is 3. The smallest absolute Gasteiger partial charge is 0.210 e. The molecular weight excluding hydrogens is 292 g/mol. The quantitative estimate of drug-likeness (QED) is 0.849. The molecular formula is C15H16O5S. The molecule has 0 N–H and O–H groups in total. The number of rotatable bonds is 5. The molecule has 0 aliphatic carbocycles. The maximum Gasteiger partial charge on any atom is 0.210 e. The first-order chi connectivity index (χ1) is 10.0. The molecule has 6 heteroatoms. The van der Waals surface area contributed by atoms with Crippen molar-refractivity contribution in [3.05, 3.63) is 42.5 Å². The van der Waals surface area contributed by atoms with Crippen LogP contribution in [0.1, 0.15) is 0 Å². The van der Waals surface area contributed by atoms with Crippen LogP contribution in [0.2, 0.25) is 0 Å². The zero-order valence-corrected chi connectivity index (χ0v) is 12.8. The van der Waals surface area contributed by atoms with Gasteiger partial charge in [-0.1, -0.05) is 0 Å². The normalized spacial score (nSPS) is 11.0. The Balaban J connectivity index is 2.52. The largest absolute Gasteiger partial charge is 0.497 e. The van der Waals surface area contributed by atoms with E-state index in [9.17, 15) is 8.42 Å². The van der Waals surface area contributed by atoms with Gasteiger partial charge in [-0.05, 0) is 36.4 Å². The van der Waals surface area contributed by atoms with Crippen LogP contribution < -0.4 is 14.2 Å². The highest BCUT2D eigenvalue weighted by Crippen LogP contribution is 2.32. The zero-order chi connectivity index (χ0) is 15.5. The van der Waals surface area contributed by atoms with Crippen molar-refractivity contribution >= 4 is 9.84 Å². The fraction of sp³-hybridized carbons (Fsp3) is 0.200. The Morgan fingerprint density at radius 1 is 0.762 bits per heavy atom. The van der Waals surface area contributed by atoms with Gasteiger partial charge in [-0.2, -0.15) is 0 Å². The van der Waals surface area contributed by atoms with E-state index >= 15 is 0 Å². The maximum absolute atomic E-state index is 12.7. The minimum absolute atomic E-state index is 0.0935. The number of hydrogen-bond donors (Lipinski definition) is 0. The summed E-state index contributed by atoms with van der Waals surface area (Å²) in [5.74, 6) is 1.36. The molecule has 0 heterocycles. The third-order valence-electron chi connectivity index (χ3n) is 3.03. The Bertz CT molecular complexity index is 720. The predicted molar refractivity (Wildman–Crippen MR) is 78.0 cm³/mol. The molecule has 0 unspecified atom stereocenters. The fourth-order valence-electron chi connectivity index (χ4n) is 1.88. The Kier molecular flexibility index (Phi) is 4.37. The minimum Gasteiger partial charge on any atom is -0.497 e. The molecule has 5 nitrogen and oxygen atoms in total. The van der Waals surface area contributed by atoms with Gasteiger partial charge < -0.3 is 14.2 Å². The topological polar surface area (TPSA) is 61.8 Å². The van der Waals surface area contributed by atoms with E-state index in [-0.39, 0.29) is 15.5 Å². The lowest BCUT2D eigenvalue weighted by molar-refractivity contribution is 0.386. The fourth-order valence-corrected chi connectivity index (χ4v) is 3.28.